The average Bonchev–Trinajstić information content (AvgIpc) is 2.49. The Bertz CT molecular complexity index is 627. The smallest absolute Gasteiger partial charge is 0.115 e. The Balaban J connectivity index is 1.51. The third-order valence-corrected chi connectivity index (χ3v) is 4.17. The molecule has 1 aromatic carbocycles. The number of hydrogen-bond acceptors (Lipinski definition) is 5. The molecule has 108 valence electrons. The quantitative estimate of drug-likeness (QED) is 0.752. The van der Waals surface area contributed by atoms with E-state index in [1.165, 1.54) is 6.42 Å². The minimum absolute atomic E-state index is 0.271. The molecule has 5 nitrogen and oxygen atoms in total. The number of fused-ring (bicyclic) bond motifs is 2. The predicted octanol–water partition coefficient (Wildman–Crippen LogP) is 2.08. The van der Waals surface area contributed by atoms with Crippen molar-refractivity contribution in [3.8, 4) is 5.75 Å². The zero-order valence-corrected chi connectivity index (χ0v) is 11.7. The molecule has 2 unspecified atom stereocenters. The van der Waals surface area contributed by atoms with Gasteiger partial charge in [-0.15, -0.1) is 0 Å². The van der Waals surface area contributed by atoms with Crippen LogP contribution in [0.4, 0.5) is 17.1 Å². The minimum atomic E-state index is 0.271. The van der Waals surface area contributed by atoms with Gasteiger partial charge in [-0.2, -0.15) is 0 Å². The van der Waals surface area contributed by atoms with Crippen LogP contribution in [0.25, 0.3) is 0 Å². The lowest BCUT2D eigenvalue weighted by Gasteiger charge is -2.49. The van der Waals surface area contributed by atoms with Gasteiger partial charge in [-0.1, -0.05) is 0 Å². The molecule has 2 aromatic rings. The van der Waals surface area contributed by atoms with Gasteiger partial charge < -0.3 is 20.6 Å². The number of aromatic nitrogens is 1. The van der Waals surface area contributed by atoms with Crippen LogP contribution < -0.4 is 15.5 Å². The number of piperidine rings is 1. The first-order valence-electron chi connectivity index (χ1n) is 7.28. The summed E-state index contributed by atoms with van der Waals surface area (Å²) < 4.78 is 0. The number of benzene rings is 1. The van der Waals surface area contributed by atoms with Gasteiger partial charge >= 0.3 is 0 Å². The standard InChI is InChI=1S/C16H18N4O/c21-16-3-1-11(2-4-16)18-12-6-15(8-17-7-12)20-9-13-5-14(10-20)19-13/h1-4,6-8,13-14,18-19,21H,5,9-10H2. The summed E-state index contributed by atoms with van der Waals surface area (Å²) in [5, 5.41) is 16.2. The van der Waals surface area contributed by atoms with Crippen molar-refractivity contribution in [3.63, 3.8) is 0 Å². The molecule has 0 aliphatic carbocycles. The van der Waals surface area contributed by atoms with Crippen molar-refractivity contribution in [1.82, 2.24) is 10.3 Å². The summed E-state index contributed by atoms with van der Waals surface area (Å²) in [5.74, 6) is 0.271. The van der Waals surface area contributed by atoms with Gasteiger partial charge in [0, 0.05) is 30.9 Å². The fraction of sp³-hybridized carbons (Fsp3) is 0.312. The molecule has 0 spiro atoms. The molecule has 2 atom stereocenters. The summed E-state index contributed by atoms with van der Waals surface area (Å²) in [7, 11) is 0. The molecule has 5 rings (SSSR count). The normalized spacial score (nSPS) is 23.5. The third kappa shape index (κ3) is 2.52. The van der Waals surface area contributed by atoms with Gasteiger partial charge in [0.05, 0.1) is 23.8 Å². The number of hydrogen-bond donors (Lipinski definition) is 3. The molecule has 1 aromatic heterocycles. The lowest BCUT2D eigenvalue weighted by Crippen LogP contribution is -2.67. The molecule has 2 bridgehead atoms. The molecule has 0 saturated carbocycles. The van der Waals surface area contributed by atoms with E-state index in [4.69, 9.17) is 0 Å². The van der Waals surface area contributed by atoms with Crippen LogP contribution in [0, 0.1) is 0 Å². The number of aromatic hydroxyl groups is 1. The maximum absolute atomic E-state index is 9.31. The van der Waals surface area contributed by atoms with Gasteiger partial charge in [0.2, 0.25) is 0 Å². The van der Waals surface area contributed by atoms with Crippen LogP contribution in [-0.4, -0.2) is 35.3 Å². The Morgan fingerprint density at radius 1 is 1.10 bits per heavy atom. The molecular weight excluding hydrogens is 264 g/mol. The summed E-state index contributed by atoms with van der Waals surface area (Å²) in [4.78, 5) is 6.73. The zero-order chi connectivity index (χ0) is 14.2. The number of nitrogens with zero attached hydrogens (tertiary/aromatic N) is 2. The maximum Gasteiger partial charge on any atom is 0.115 e. The first-order valence-corrected chi connectivity index (χ1v) is 7.28. The van der Waals surface area contributed by atoms with E-state index in [0.717, 1.165) is 30.2 Å². The molecule has 0 amide bonds. The van der Waals surface area contributed by atoms with E-state index < -0.39 is 0 Å². The second kappa shape index (κ2) is 4.93. The van der Waals surface area contributed by atoms with Crippen molar-refractivity contribution in [3.05, 3.63) is 42.7 Å². The molecule has 3 N–H and O–H groups in total. The molecule has 3 fully saturated rings. The van der Waals surface area contributed by atoms with Crippen LogP contribution in [0.3, 0.4) is 0 Å². The number of piperazine rings is 1. The number of anilines is 3. The highest BCUT2D eigenvalue weighted by molar-refractivity contribution is 5.64. The second-order valence-corrected chi connectivity index (χ2v) is 5.80. The van der Waals surface area contributed by atoms with Gasteiger partial charge in [0.15, 0.2) is 0 Å². The fourth-order valence-electron chi connectivity index (χ4n) is 3.10. The summed E-state index contributed by atoms with van der Waals surface area (Å²) in [6, 6.07) is 10.4. The highest BCUT2D eigenvalue weighted by Crippen LogP contribution is 2.28. The highest BCUT2D eigenvalue weighted by atomic mass is 16.3. The van der Waals surface area contributed by atoms with Gasteiger partial charge in [-0.05, 0) is 36.8 Å². The van der Waals surface area contributed by atoms with Crippen molar-refractivity contribution >= 4 is 17.1 Å². The molecule has 3 aliphatic rings. The molecule has 5 heteroatoms. The first kappa shape index (κ1) is 12.5. The number of pyridine rings is 1. The SMILES string of the molecule is Oc1ccc(Nc2cncc(N3CC4CC(C3)N4)c2)cc1. The third-order valence-electron chi connectivity index (χ3n) is 4.17. The van der Waals surface area contributed by atoms with Crippen molar-refractivity contribution < 1.29 is 5.11 Å². The van der Waals surface area contributed by atoms with Gasteiger partial charge in [-0.3, -0.25) is 4.98 Å². The second-order valence-electron chi connectivity index (χ2n) is 5.80. The number of rotatable bonds is 3. The molecule has 4 heterocycles. The first-order chi connectivity index (χ1) is 10.3. The Hall–Kier alpha value is -2.27. The van der Waals surface area contributed by atoms with Crippen LogP contribution in [0.5, 0.6) is 5.75 Å². The lowest BCUT2D eigenvalue weighted by molar-refractivity contribution is 0.226. The summed E-state index contributed by atoms with van der Waals surface area (Å²) in [5.41, 5.74) is 3.07. The van der Waals surface area contributed by atoms with Crippen LogP contribution in [0.2, 0.25) is 0 Å². The van der Waals surface area contributed by atoms with Crippen molar-refractivity contribution in [2.75, 3.05) is 23.3 Å². The largest absolute Gasteiger partial charge is 0.508 e. The van der Waals surface area contributed by atoms with Gasteiger partial charge in [0.1, 0.15) is 5.75 Å². The van der Waals surface area contributed by atoms with E-state index in [2.05, 4.69) is 26.6 Å². The molecular formula is C16H18N4O. The van der Waals surface area contributed by atoms with Crippen LogP contribution >= 0.6 is 0 Å². The monoisotopic (exact) mass is 282 g/mol. The lowest BCUT2D eigenvalue weighted by atomic mass is 9.91. The predicted molar refractivity (Wildman–Crippen MR) is 83.2 cm³/mol. The van der Waals surface area contributed by atoms with Crippen molar-refractivity contribution in [2.45, 2.75) is 18.5 Å². The molecule has 3 saturated heterocycles. The number of phenols is 1. The summed E-state index contributed by atoms with van der Waals surface area (Å²) >= 11 is 0. The fourth-order valence-corrected chi connectivity index (χ4v) is 3.10. The average molecular weight is 282 g/mol. The van der Waals surface area contributed by atoms with E-state index >= 15 is 0 Å². The summed E-state index contributed by atoms with van der Waals surface area (Å²) in [6.45, 7) is 2.11. The van der Waals surface area contributed by atoms with E-state index in [-0.39, 0.29) is 5.75 Å². The molecule has 3 aliphatic heterocycles. The van der Waals surface area contributed by atoms with Gasteiger partial charge in [0.25, 0.3) is 0 Å². The topological polar surface area (TPSA) is 60.4 Å². The van der Waals surface area contributed by atoms with E-state index in [1.54, 1.807) is 12.1 Å². The Labute approximate surface area is 123 Å². The molecule has 0 radical (unpaired) electrons. The Kier molecular flexibility index (Phi) is 2.93. The van der Waals surface area contributed by atoms with Crippen LogP contribution in [0.15, 0.2) is 42.7 Å². The van der Waals surface area contributed by atoms with E-state index in [9.17, 15) is 5.11 Å². The van der Waals surface area contributed by atoms with E-state index in [0.29, 0.717) is 12.1 Å². The number of phenolic OH excluding ortho intramolecular Hbond substituents is 1. The Morgan fingerprint density at radius 2 is 1.81 bits per heavy atom. The maximum atomic E-state index is 9.31. The zero-order valence-electron chi connectivity index (χ0n) is 11.7. The molecule has 21 heavy (non-hydrogen) atoms. The van der Waals surface area contributed by atoms with E-state index in [1.807, 2.05) is 24.5 Å². The van der Waals surface area contributed by atoms with Crippen molar-refractivity contribution in [2.24, 2.45) is 0 Å². The Morgan fingerprint density at radius 3 is 2.52 bits per heavy atom. The van der Waals surface area contributed by atoms with Crippen molar-refractivity contribution in [1.29, 1.82) is 0 Å². The highest BCUT2D eigenvalue weighted by Gasteiger charge is 2.36. The van der Waals surface area contributed by atoms with Crippen LogP contribution in [0.1, 0.15) is 6.42 Å². The van der Waals surface area contributed by atoms with Crippen LogP contribution in [-0.2, 0) is 0 Å². The minimum Gasteiger partial charge on any atom is -0.508 e. The van der Waals surface area contributed by atoms with Gasteiger partial charge in [-0.25, -0.2) is 0 Å². The summed E-state index contributed by atoms with van der Waals surface area (Å²) in [6.07, 6.45) is 5.04. The number of nitrogens with one attached hydrogen (secondary N) is 2.